The van der Waals surface area contributed by atoms with Crippen molar-refractivity contribution in [2.75, 3.05) is 14.2 Å². The van der Waals surface area contributed by atoms with Gasteiger partial charge in [-0.05, 0) is 17.9 Å². The Labute approximate surface area is 126 Å². The van der Waals surface area contributed by atoms with Crippen LogP contribution in [-0.4, -0.2) is 32.7 Å². The molecule has 0 fully saturated rings. The standard InChI is InChI=1S/C16H25NO4/c1-12(2)10-14(15(19-3)20-4)21-16(18)17-11-13-8-6-5-7-9-13/h5-9,12,14-15H,10-11H2,1-4H3,(H,17,18). The molecule has 1 atom stereocenters. The van der Waals surface area contributed by atoms with Crippen LogP contribution in [-0.2, 0) is 20.8 Å². The molecule has 1 rings (SSSR count). The SMILES string of the molecule is COC(OC)C(CC(C)C)OC(=O)NCc1ccccc1. The number of carbonyl (C=O) groups excluding carboxylic acids is 1. The van der Waals surface area contributed by atoms with E-state index in [0.29, 0.717) is 18.9 Å². The van der Waals surface area contributed by atoms with Crippen LogP contribution >= 0.6 is 0 Å². The third kappa shape index (κ3) is 6.60. The number of hydrogen-bond acceptors (Lipinski definition) is 4. The molecular formula is C16H25NO4. The second kappa shape index (κ2) is 9.37. The lowest BCUT2D eigenvalue weighted by molar-refractivity contribution is -0.168. The Morgan fingerprint density at radius 2 is 1.76 bits per heavy atom. The summed E-state index contributed by atoms with van der Waals surface area (Å²) in [5.74, 6) is 0.365. The van der Waals surface area contributed by atoms with E-state index >= 15 is 0 Å². The van der Waals surface area contributed by atoms with E-state index in [2.05, 4.69) is 19.2 Å². The lowest BCUT2D eigenvalue weighted by Gasteiger charge is -2.26. The summed E-state index contributed by atoms with van der Waals surface area (Å²) in [5.41, 5.74) is 1.02. The number of amides is 1. The average molecular weight is 295 g/mol. The molecule has 0 spiro atoms. The van der Waals surface area contributed by atoms with E-state index in [1.54, 1.807) is 0 Å². The Morgan fingerprint density at radius 1 is 1.14 bits per heavy atom. The van der Waals surface area contributed by atoms with Crippen LogP contribution < -0.4 is 5.32 Å². The van der Waals surface area contributed by atoms with Crippen molar-refractivity contribution in [3.8, 4) is 0 Å². The molecule has 0 aliphatic carbocycles. The fourth-order valence-electron chi connectivity index (χ4n) is 2.03. The number of carbonyl (C=O) groups is 1. The molecule has 1 N–H and O–H groups in total. The summed E-state index contributed by atoms with van der Waals surface area (Å²) in [7, 11) is 3.07. The van der Waals surface area contributed by atoms with Crippen molar-refractivity contribution in [2.45, 2.75) is 39.2 Å². The summed E-state index contributed by atoms with van der Waals surface area (Å²) in [6, 6.07) is 9.67. The second-order valence-electron chi connectivity index (χ2n) is 5.25. The van der Waals surface area contributed by atoms with Crippen LogP contribution in [0.5, 0.6) is 0 Å². The van der Waals surface area contributed by atoms with Crippen molar-refractivity contribution in [3.63, 3.8) is 0 Å². The number of methoxy groups -OCH3 is 2. The van der Waals surface area contributed by atoms with Gasteiger partial charge in [0.1, 0.15) is 0 Å². The van der Waals surface area contributed by atoms with E-state index in [1.165, 1.54) is 14.2 Å². The molecule has 118 valence electrons. The quantitative estimate of drug-likeness (QED) is 0.749. The number of ether oxygens (including phenoxy) is 3. The van der Waals surface area contributed by atoms with Crippen LogP contribution in [0.4, 0.5) is 4.79 Å². The van der Waals surface area contributed by atoms with Gasteiger partial charge in [0.25, 0.3) is 0 Å². The second-order valence-corrected chi connectivity index (χ2v) is 5.25. The van der Waals surface area contributed by atoms with E-state index in [9.17, 15) is 4.79 Å². The fourth-order valence-corrected chi connectivity index (χ4v) is 2.03. The maximum atomic E-state index is 11.9. The van der Waals surface area contributed by atoms with Crippen LogP contribution in [0.1, 0.15) is 25.8 Å². The number of alkyl carbamates (subject to hydrolysis) is 1. The topological polar surface area (TPSA) is 56.8 Å². The highest BCUT2D eigenvalue weighted by molar-refractivity contribution is 5.67. The zero-order valence-electron chi connectivity index (χ0n) is 13.2. The van der Waals surface area contributed by atoms with Crippen molar-refractivity contribution >= 4 is 6.09 Å². The van der Waals surface area contributed by atoms with Crippen LogP contribution in [0.25, 0.3) is 0 Å². The van der Waals surface area contributed by atoms with Crippen molar-refractivity contribution < 1.29 is 19.0 Å². The Kier molecular flexibility index (Phi) is 7.79. The molecule has 0 aliphatic heterocycles. The maximum absolute atomic E-state index is 11.9. The molecule has 5 heteroatoms. The first-order chi connectivity index (χ1) is 10.1. The van der Waals surface area contributed by atoms with Gasteiger partial charge in [-0.25, -0.2) is 4.79 Å². The molecule has 1 unspecified atom stereocenters. The number of rotatable bonds is 8. The van der Waals surface area contributed by atoms with Gasteiger partial charge in [-0.15, -0.1) is 0 Å². The molecule has 0 aromatic heterocycles. The van der Waals surface area contributed by atoms with Crippen molar-refractivity contribution in [3.05, 3.63) is 35.9 Å². The first-order valence-electron chi connectivity index (χ1n) is 7.10. The largest absolute Gasteiger partial charge is 0.441 e. The molecule has 1 amide bonds. The first kappa shape index (κ1) is 17.5. The third-order valence-corrected chi connectivity index (χ3v) is 3.01. The summed E-state index contributed by atoms with van der Waals surface area (Å²) >= 11 is 0. The summed E-state index contributed by atoms with van der Waals surface area (Å²) in [6.07, 6.45) is -0.792. The monoisotopic (exact) mass is 295 g/mol. The molecule has 0 saturated heterocycles. The first-order valence-corrected chi connectivity index (χ1v) is 7.10. The maximum Gasteiger partial charge on any atom is 0.407 e. The zero-order chi connectivity index (χ0) is 15.7. The molecule has 0 heterocycles. The van der Waals surface area contributed by atoms with E-state index in [-0.39, 0.29) is 0 Å². The van der Waals surface area contributed by atoms with Gasteiger partial charge in [0, 0.05) is 20.8 Å². The predicted molar refractivity (Wildman–Crippen MR) is 80.8 cm³/mol. The van der Waals surface area contributed by atoms with E-state index in [4.69, 9.17) is 14.2 Å². The highest BCUT2D eigenvalue weighted by Crippen LogP contribution is 2.15. The van der Waals surface area contributed by atoms with Crippen molar-refractivity contribution in [1.82, 2.24) is 5.32 Å². The molecule has 0 aliphatic rings. The summed E-state index contributed by atoms with van der Waals surface area (Å²) < 4.78 is 15.8. The van der Waals surface area contributed by atoms with Gasteiger partial charge in [0.2, 0.25) is 0 Å². The Morgan fingerprint density at radius 3 is 2.29 bits per heavy atom. The molecule has 1 aromatic rings. The van der Waals surface area contributed by atoms with Crippen LogP contribution in [0.15, 0.2) is 30.3 Å². The highest BCUT2D eigenvalue weighted by Gasteiger charge is 2.26. The minimum atomic E-state index is -0.560. The Balaban J connectivity index is 2.51. The highest BCUT2D eigenvalue weighted by atomic mass is 16.7. The Bertz CT molecular complexity index is 404. The molecular weight excluding hydrogens is 270 g/mol. The van der Waals surface area contributed by atoms with E-state index in [1.807, 2.05) is 30.3 Å². The smallest absolute Gasteiger partial charge is 0.407 e. The lowest BCUT2D eigenvalue weighted by Crippen LogP contribution is -2.38. The molecule has 21 heavy (non-hydrogen) atoms. The van der Waals surface area contributed by atoms with Crippen molar-refractivity contribution in [2.24, 2.45) is 5.92 Å². The number of nitrogens with one attached hydrogen (secondary N) is 1. The summed E-state index contributed by atoms with van der Waals surface area (Å²) in [6.45, 7) is 4.54. The molecule has 0 saturated carbocycles. The lowest BCUT2D eigenvalue weighted by atomic mass is 10.1. The van der Waals surface area contributed by atoms with Crippen LogP contribution in [0.2, 0.25) is 0 Å². The van der Waals surface area contributed by atoms with Gasteiger partial charge in [-0.2, -0.15) is 0 Å². The van der Waals surface area contributed by atoms with Crippen LogP contribution in [0.3, 0.4) is 0 Å². The van der Waals surface area contributed by atoms with Crippen molar-refractivity contribution in [1.29, 1.82) is 0 Å². The minimum absolute atomic E-state index is 0.365. The van der Waals surface area contributed by atoms with Gasteiger partial charge in [0.15, 0.2) is 12.4 Å². The fraction of sp³-hybridized carbons (Fsp3) is 0.562. The van der Waals surface area contributed by atoms with Gasteiger partial charge < -0.3 is 19.5 Å². The third-order valence-electron chi connectivity index (χ3n) is 3.01. The Hall–Kier alpha value is -1.59. The van der Waals surface area contributed by atoms with Gasteiger partial charge in [-0.3, -0.25) is 0 Å². The van der Waals surface area contributed by atoms with Crippen LogP contribution in [0, 0.1) is 5.92 Å². The number of benzene rings is 1. The van der Waals surface area contributed by atoms with E-state index < -0.39 is 18.5 Å². The summed E-state index contributed by atoms with van der Waals surface area (Å²) in [4.78, 5) is 11.9. The normalized spacial score (nSPS) is 12.5. The predicted octanol–water partition coefficient (Wildman–Crippen LogP) is 2.95. The number of hydrogen-bond donors (Lipinski definition) is 1. The van der Waals surface area contributed by atoms with Gasteiger partial charge in [0.05, 0.1) is 0 Å². The average Bonchev–Trinajstić information content (AvgIpc) is 2.47. The summed E-state index contributed by atoms with van der Waals surface area (Å²) in [5, 5.41) is 2.73. The van der Waals surface area contributed by atoms with Gasteiger partial charge >= 0.3 is 6.09 Å². The molecule has 0 radical (unpaired) electrons. The molecule has 0 bridgehead atoms. The molecule has 1 aromatic carbocycles. The van der Waals surface area contributed by atoms with E-state index in [0.717, 1.165) is 5.56 Å². The zero-order valence-corrected chi connectivity index (χ0v) is 13.2. The molecule has 5 nitrogen and oxygen atoms in total. The van der Waals surface area contributed by atoms with Gasteiger partial charge in [-0.1, -0.05) is 44.2 Å². The minimum Gasteiger partial charge on any atom is -0.441 e.